The fourth-order valence-electron chi connectivity index (χ4n) is 2.66. The zero-order valence-electron chi connectivity index (χ0n) is 13.4. The van der Waals surface area contributed by atoms with Crippen molar-refractivity contribution in [1.82, 2.24) is 10.9 Å². The molecule has 1 aliphatic rings. The van der Waals surface area contributed by atoms with E-state index in [4.69, 9.17) is 5.11 Å². The van der Waals surface area contributed by atoms with Crippen LogP contribution in [0.1, 0.15) is 28.8 Å². The molecule has 0 unspecified atom stereocenters. The van der Waals surface area contributed by atoms with E-state index in [1.807, 2.05) is 0 Å². The minimum Gasteiger partial charge on any atom is -0.481 e. The Balaban J connectivity index is 2.00. The number of carbonyl (C=O) groups is 3. The van der Waals surface area contributed by atoms with E-state index in [0.717, 1.165) is 0 Å². The number of amides is 2. The van der Waals surface area contributed by atoms with E-state index in [1.165, 1.54) is 25.1 Å². The number of carboxylic acids is 1. The Hall–Kier alpha value is -3.23. The molecule has 1 aromatic carbocycles. The molecular formula is C16H17N3O6. The highest BCUT2D eigenvalue weighted by atomic mass is 16.6. The first-order valence-electron chi connectivity index (χ1n) is 7.54. The lowest BCUT2D eigenvalue weighted by Gasteiger charge is -2.24. The average Bonchev–Trinajstić information content (AvgIpc) is 2.58. The molecule has 1 aromatic rings. The van der Waals surface area contributed by atoms with E-state index in [2.05, 4.69) is 10.9 Å². The van der Waals surface area contributed by atoms with E-state index in [1.54, 1.807) is 12.2 Å². The van der Waals surface area contributed by atoms with Gasteiger partial charge < -0.3 is 5.11 Å². The number of nitrogens with one attached hydrogen (secondary N) is 2. The molecule has 9 heteroatoms. The topological polar surface area (TPSA) is 139 Å². The number of carboxylic acid groups (broad SMARTS) is 1. The molecule has 0 heterocycles. The summed E-state index contributed by atoms with van der Waals surface area (Å²) in [6.07, 6.45) is 3.96. The summed E-state index contributed by atoms with van der Waals surface area (Å²) < 4.78 is 0. The highest BCUT2D eigenvalue weighted by Crippen LogP contribution is 2.25. The lowest BCUT2D eigenvalue weighted by molar-refractivity contribution is -0.385. The van der Waals surface area contributed by atoms with Gasteiger partial charge in [0, 0.05) is 17.2 Å². The van der Waals surface area contributed by atoms with Crippen LogP contribution < -0.4 is 10.9 Å². The molecule has 3 N–H and O–H groups in total. The van der Waals surface area contributed by atoms with Crippen LogP contribution in [0.25, 0.3) is 0 Å². The predicted molar refractivity (Wildman–Crippen MR) is 86.4 cm³/mol. The van der Waals surface area contributed by atoms with Crippen molar-refractivity contribution in [3.05, 3.63) is 51.6 Å². The summed E-state index contributed by atoms with van der Waals surface area (Å²) in [5.74, 6) is -3.93. The molecular weight excluding hydrogens is 330 g/mol. The maximum atomic E-state index is 12.1. The molecule has 25 heavy (non-hydrogen) atoms. The molecule has 1 aliphatic carbocycles. The molecule has 0 radical (unpaired) electrons. The van der Waals surface area contributed by atoms with Crippen LogP contribution in [0.5, 0.6) is 0 Å². The molecule has 132 valence electrons. The van der Waals surface area contributed by atoms with Gasteiger partial charge in [0.1, 0.15) is 0 Å². The smallest absolute Gasteiger partial charge is 0.307 e. The quantitative estimate of drug-likeness (QED) is 0.427. The van der Waals surface area contributed by atoms with Gasteiger partial charge >= 0.3 is 5.97 Å². The molecule has 2 atom stereocenters. The normalized spacial score (nSPS) is 19.1. The number of hydrogen-bond donors (Lipinski definition) is 3. The highest BCUT2D eigenvalue weighted by molar-refractivity contribution is 5.96. The van der Waals surface area contributed by atoms with Crippen LogP contribution in [0.2, 0.25) is 0 Å². The van der Waals surface area contributed by atoms with Crippen LogP contribution in [-0.2, 0) is 9.59 Å². The minimum absolute atomic E-state index is 0.112. The van der Waals surface area contributed by atoms with Gasteiger partial charge in [-0.1, -0.05) is 12.2 Å². The summed E-state index contributed by atoms with van der Waals surface area (Å²) in [6, 6.07) is 3.82. The first-order chi connectivity index (χ1) is 11.8. The molecule has 9 nitrogen and oxygen atoms in total. The van der Waals surface area contributed by atoms with Gasteiger partial charge in [-0.3, -0.25) is 35.3 Å². The van der Waals surface area contributed by atoms with Crippen molar-refractivity contribution < 1.29 is 24.4 Å². The zero-order valence-corrected chi connectivity index (χ0v) is 13.4. The van der Waals surface area contributed by atoms with Crippen molar-refractivity contribution in [2.75, 3.05) is 0 Å². The summed E-state index contributed by atoms with van der Waals surface area (Å²) in [5, 5.41) is 19.9. The molecule has 0 saturated carbocycles. The van der Waals surface area contributed by atoms with Crippen LogP contribution >= 0.6 is 0 Å². The predicted octanol–water partition coefficient (Wildman–Crippen LogP) is 1.33. The summed E-state index contributed by atoms with van der Waals surface area (Å²) in [5.41, 5.74) is 4.77. The molecule has 0 saturated heterocycles. The number of aryl methyl sites for hydroxylation is 1. The SMILES string of the molecule is Cc1cc(C(=O)NNC(=O)[C@@H]2CC=CC[C@H]2C(=O)O)ccc1[N+](=O)[O-]. The van der Waals surface area contributed by atoms with Crippen LogP contribution in [0.3, 0.4) is 0 Å². The van der Waals surface area contributed by atoms with Crippen molar-refractivity contribution in [3.63, 3.8) is 0 Å². The lowest BCUT2D eigenvalue weighted by Crippen LogP contribution is -2.47. The van der Waals surface area contributed by atoms with Gasteiger partial charge in [0.15, 0.2) is 0 Å². The Morgan fingerprint density at radius 3 is 2.36 bits per heavy atom. The van der Waals surface area contributed by atoms with Gasteiger partial charge in [0.05, 0.1) is 16.8 Å². The van der Waals surface area contributed by atoms with Crippen LogP contribution in [-0.4, -0.2) is 27.8 Å². The van der Waals surface area contributed by atoms with Gasteiger partial charge in [-0.05, 0) is 31.9 Å². The maximum absolute atomic E-state index is 12.1. The summed E-state index contributed by atoms with van der Waals surface area (Å²) in [7, 11) is 0. The number of nitro groups is 1. The number of nitro benzene ring substituents is 1. The van der Waals surface area contributed by atoms with E-state index >= 15 is 0 Å². The Morgan fingerprint density at radius 1 is 1.16 bits per heavy atom. The lowest BCUT2D eigenvalue weighted by atomic mass is 9.82. The first-order valence-corrected chi connectivity index (χ1v) is 7.54. The largest absolute Gasteiger partial charge is 0.481 e. The summed E-state index contributed by atoms with van der Waals surface area (Å²) in [4.78, 5) is 45.6. The molecule has 0 aliphatic heterocycles. The third kappa shape index (κ3) is 4.19. The number of benzene rings is 1. The molecule has 2 amide bonds. The van der Waals surface area contributed by atoms with E-state index in [0.29, 0.717) is 5.56 Å². The maximum Gasteiger partial charge on any atom is 0.307 e. The zero-order chi connectivity index (χ0) is 18.6. The van der Waals surface area contributed by atoms with Crippen LogP contribution in [0.4, 0.5) is 5.69 Å². The van der Waals surface area contributed by atoms with Crippen molar-refractivity contribution in [3.8, 4) is 0 Å². The van der Waals surface area contributed by atoms with Crippen LogP contribution in [0, 0.1) is 28.9 Å². The fourth-order valence-corrected chi connectivity index (χ4v) is 2.66. The second kappa shape index (κ2) is 7.56. The second-order valence-electron chi connectivity index (χ2n) is 5.70. The molecule has 0 spiro atoms. The number of carbonyl (C=O) groups excluding carboxylic acids is 2. The molecule has 0 bridgehead atoms. The van der Waals surface area contributed by atoms with Gasteiger partial charge in [0.2, 0.25) is 5.91 Å². The van der Waals surface area contributed by atoms with Crippen molar-refractivity contribution >= 4 is 23.5 Å². The monoisotopic (exact) mass is 347 g/mol. The Labute approximate surface area is 142 Å². The van der Waals surface area contributed by atoms with E-state index < -0.39 is 34.5 Å². The van der Waals surface area contributed by atoms with Crippen molar-refractivity contribution in [1.29, 1.82) is 0 Å². The van der Waals surface area contributed by atoms with Crippen molar-refractivity contribution in [2.24, 2.45) is 11.8 Å². The number of allylic oxidation sites excluding steroid dienone is 2. The first kappa shape index (κ1) is 18.1. The Morgan fingerprint density at radius 2 is 1.80 bits per heavy atom. The van der Waals surface area contributed by atoms with Gasteiger partial charge in [-0.15, -0.1) is 0 Å². The summed E-state index contributed by atoms with van der Waals surface area (Å²) in [6.45, 7) is 1.50. The molecule has 0 fully saturated rings. The standard InChI is InChI=1S/C16H17N3O6/c1-9-8-10(6-7-13(9)19(24)25)14(20)17-18-15(21)11-4-2-3-5-12(11)16(22)23/h2-3,6-8,11-12H,4-5H2,1H3,(H,17,20)(H,18,21)(H,22,23)/t11-,12-/m1/s1. The minimum atomic E-state index is -1.07. The van der Waals surface area contributed by atoms with Gasteiger partial charge in [-0.2, -0.15) is 0 Å². The molecule has 0 aromatic heterocycles. The Kier molecular flexibility index (Phi) is 5.48. The average molecular weight is 347 g/mol. The third-order valence-corrected chi connectivity index (χ3v) is 4.04. The molecule has 2 rings (SSSR count). The van der Waals surface area contributed by atoms with E-state index in [9.17, 15) is 24.5 Å². The van der Waals surface area contributed by atoms with Gasteiger partial charge in [0.25, 0.3) is 11.6 Å². The van der Waals surface area contributed by atoms with Crippen molar-refractivity contribution in [2.45, 2.75) is 19.8 Å². The number of aliphatic carboxylic acids is 1. The fraction of sp³-hybridized carbons (Fsp3) is 0.312. The van der Waals surface area contributed by atoms with Crippen LogP contribution in [0.15, 0.2) is 30.4 Å². The number of hydrazine groups is 1. The highest BCUT2D eigenvalue weighted by Gasteiger charge is 2.34. The Bertz CT molecular complexity index is 758. The third-order valence-electron chi connectivity index (χ3n) is 4.04. The number of rotatable bonds is 4. The number of hydrogen-bond acceptors (Lipinski definition) is 5. The van der Waals surface area contributed by atoms with E-state index in [-0.39, 0.29) is 24.1 Å². The second-order valence-corrected chi connectivity index (χ2v) is 5.70. The van der Waals surface area contributed by atoms with Gasteiger partial charge in [-0.25, -0.2) is 0 Å². The summed E-state index contributed by atoms with van der Waals surface area (Å²) >= 11 is 0. The number of nitrogens with zero attached hydrogens (tertiary/aromatic N) is 1.